The number of para-hydroxylation sites is 1. The Morgan fingerprint density at radius 2 is 1.75 bits per heavy atom. The molecule has 188 valence electrons. The highest BCUT2D eigenvalue weighted by molar-refractivity contribution is 6.30. The van der Waals surface area contributed by atoms with Crippen LogP contribution in [0.2, 0.25) is 5.02 Å². The van der Waals surface area contributed by atoms with Crippen LogP contribution in [-0.4, -0.2) is 43.7 Å². The second kappa shape index (κ2) is 12.3. The van der Waals surface area contributed by atoms with E-state index in [-0.39, 0.29) is 5.91 Å². The molecule has 36 heavy (non-hydrogen) atoms. The molecule has 2 aromatic carbocycles. The van der Waals surface area contributed by atoms with Crippen LogP contribution in [0.1, 0.15) is 24.4 Å². The molecule has 3 amide bonds. The first kappa shape index (κ1) is 25.3. The molecule has 1 atom stereocenters. The van der Waals surface area contributed by atoms with Gasteiger partial charge in [0.1, 0.15) is 11.8 Å². The molecule has 1 aliphatic rings. The summed E-state index contributed by atoms with van der Waals surface area (Å²) in [5.74, 6) is 0.589. The van der Waals surface area contributed by atoms with Crippen LogP contribution in [0.4, 0.5) is 16.2 Å². The van der Waals surface area contributed by atoms with Crippen LogP contribution in [0.25, 0.3) is 0 Å². The van der Waals surface area contributed by atoms with E-state index >= 15 is 0 Å². The first-order valence-electron chi connectivity index (χ1n) is 11.9. The van der Waals surface area contributed by atoms with Crippen LogP contribution in [0.5, 0.6) is 5.75 Å². The third-order valence-electron chi connectivity index (χ3n) is 6.30. The van der Waals surface area contributed by atoms with Crippen molar-refractivity contribution in [2.75, 3.05) is 37.0 Å². The Balaban J connectivity index is 1.38. The minimum Gasteiger partial charge on any atom is -0.496 e. The second-order valence-corrected chi connectivity index (χ2v) is 9.10. The molecule has 0 aliphatic carbocycles. The van der Waals surface area contributed by atoms with Crippen molar-refractivity contribution < 1.29 is 14.3 Å². The smallest absolute Gasteiger partial charge is 0.320 e. The van der Waals surface area contributed by atoms with Gasteiger partial charge in [-0.1, -0.05) is 29.8 Å². The molecule has 2 heterocycles. The molecule has 1 unspecified atom stereocenters. The van der Waals surface area contributed by atoms with Crippen molar-refractivity contribution in [3.8, 4) is 5.75 Å². The average Bonchev–Trinajstić information content (AvgIpc) is 2.92. The molecule has 1 aliphatic heterocycles. The van der Waals surface area contributed by atoms with E-state index in [2.05, 4.69) is 25.8 Å². The number of halogens is 1. The normalized spacial score (nSPS) is 14.6. The molecule has 3 aromatic rings. The van der Waals surface area contributed by atoms with Crippen LogP contribution >= 0.6 is 11.6 Å². The fourth-order valence-electron chi connectivity index (χ4n) is 4.32. The molecular weight excluding hydrogens is 478 g/mol. The lowest BCUT2D eigenvalue weighted by Gasteiger charge is -2.33. The molecule has 3 N–H and O–H groups in total. The van der Waals surface area contributed by atoms with Gasteiger partial charge in [-0.2, -0.15) is 0 Å². The van der Waals surface area contributed by atoms with Gasteiger partial charge >= 0.3 is 6.03 Å². The number of ether oxygens (including phenoxy) is 1. The van der Waals surface area contributed by atoms with E-state index in [9.17, 15) is 9.59 Å². The van der Waals surface area contributed by atoms with Gasteiger partial charge in [-0.25, -0.2) is 4.79 Å². The Kier molecular flexibility index (Phi) is 8.62. The summed E-state index contributed by atoms with van der Waals surface area (Å²) in [4.78, 5) is 32.5. The lowest BCUT2D eigenvalue weighted by atomic mass is 9.96. The van der Waals surface area contributed by atoms with Gasteiger partial charge in [0, 0.05) is 54.0 Å². The third-order valence-corrected chi connectivity index (χ3v) is 6.55. The van der Waals surface area contributed by atoms with Gasteiger partial charge in [-0.05, 0) is 61.2 Å². The number of aromatic nitrogens is 1. The molecule has 1 aromatic heterocycles. The molecule has 1 saturated heterocycles. The minimum absolute atomic E-state index is 0.290. The fraction of sp³-hybridized carbons (Fsp3) is 0.296. The fourth-order valence-corrected chi connectivity index (χ4v) is 4.44. The Labute approximate surface area is 216 Å². The first-order valence-corrected chi connectivity index (χ1v) is 12.3. The summed E-state index contributed by atoms with van der Waals surface area (Å²) in [6.45, 7) is 2.37. The molecule has 0 bridgehead atoms. The largest absolute Gasteiger partial charge is 0.496 e. The molecular formula is C27H30ClN5O3. The molecule has 0 spiro atoms. The summed E-state index contributed by atoms with van der Waals surface area (Å²) in [5, 5.41) is 9.17. The van der Waals surface area contributed by atoms with Gasteiger partial charge < -0.3 is 25.6 Å². The van der Waals surface area contributed by atoms with E-state index in [1.54, 1.807) is 48.8 Å². The van der Waals surface area contributed by atoms with E-state index in [1.165, 1.54) is 12.8 Å². The quantitative estimate of drug-likeness (QED) is 0.413. The monoisotopic (exact) mass is 507 g/mol. The molecule has 8 nitrogen and oxygen atoms in total. The Bertz CT molecular complexity index is 1150. The molecule has 0 radical (unpaired) electrons. The van der Waals surface area contributed by atoms with Gasteiger partial charge in [0.05, 0.1) is 7.11 Å². The lowest BCUT2D eigenvalue weighted by molar-refractivity contribution is -0.123. The highest BCUT2D eigenvalue weighted by Gasteiger charge is 2.27. The number of carbonyl (C=O) groups is 2. The second-order valence-electron chi connectivity index (χ2n) is 8.66. The molecule has 1 fully saturated rings. The highest BCUT2D eigenvalue weighted by atomic mass is 35.5. The highest BCUT2D eigenvalue weighted by Crippen LogP contribution is 2.26. The average molecular weight is 508 g/mol. The summed E-state index contributed by atoms with van der Waals surface area (Å²) in [7, 11) is 1.54. The van der Waals surface area contributed by atoms with E-state index < -0.39 is 12.1 Å². The Hall–Kier alpha value is -3.78. The van der Waals surface area contributed by atoms with Crippen molar-refractivity contribution >= 4 is 34.9 Å². The maximum absolute atomic E-state index is 13.3. The summed E-state index contributed by atoms with van der Waals surface area (Å²) in [5.41, 5.74) is 2.31. The number of methoxy groups -OCH3 is 1. The SMILES string of the molecule is COc1ccccc1C(NC(=O)Nc1ccc(Cl)cc1)C(=O)NCC1CCN(c2ccncc2)CC1. The van der Waals surface area contributed by atoms with Crippen LogP contribution in [0.15, 0.2) is 73.1 Å². The minimum atomic E-state index is -0.926. The molecule has 0 saturated carbocycles. The van der Waals surface area contributed by atoms with Crippen LogP contribution in [-0.2, 0) is 4.79 Å². The summed E-state index contributed by atoms with van der Waals surface area (Å²) < 4.78 is 5.46. The number of rotatable bonds is 8. The first-order chi connectivity index (χ1) is 17.5. The number of anilines is 2. The standard InChI is InChI=1S/C27H30ClN5O3/c1-36-24-5-3-2-4-23(24)25(32-27(35)31-21-8-6-20(28)7-9-21)26(34)30-18-19-12-16-33(17-13-19)22-10-14-29-15-11-22/h2-11,14-15,19,25H,12-13,16-18H2,1H3,(H,30,34)(H2,31,32,35). The Morgan fingerprint density at radius 3 is 2.44 bits per heavy atom. The van der Waals surface area contributed by atoms with Gasteiger partial charge in [0.15, 0.2) is 0 Å². The number of nitrogens with one attached hydrogen (secondary N) is 3. The van der Waals surface area contributed by atoms with Crippen molar-refractivity contribution in [3.05, 3.63) is 83.6 Å². The number of pyridine rings is 1. The van der Waals surface area contributed by atoms with E-state index in [0.717, 1.165) is 25.9 Å². The van der Waals surface area contributed by atoms with Crippen LogP contribution in [0.3, 0.4) is 0 Å². The summed E-state index contributed by atoms with van der Waals surface area (Å²) >= 11 is 5.93. The topological polar surface area (TPSA) is 95.6 Å². The van der Waals surface area contributed by atoms with Gasteiger partial charge in [-0.15, -0.1) is 0 Å². The maximum Gasteiger partial charge on any atom is 0.320 e. The maximum atomic E-state index is 13.3. The molecule has 9 heteroatoms. The van der Waals surface area contributed by atoms with Gasteiger partial charge in [0.2, 0.25) is 5.91 Å². The van der Waals surface area contributed by atoms with Crippen molar-refractivity contribution in [2.24, 2.45) is 5.92 Å². The number of amides is 3. The number of hydrogen-bond donors (Lipinski definition) is 3. The number of carbonyl (C=O) groups excluding carboxylic acids is 2. The molecule has 4 rings (SSSR count). The number of nitrogens with zero attached hydrogens (tertiary/aromatic N) is 2. The zero-order valence-corrected chi connectivity index (χ0v) is 20.9. The van der Waals surface area contributed by atoms with E-state index in [0.29, 0.717) is 34.5 Å². The zero-order chi connectivity index (χ0) is 25.3. The van der Waals surface area contributed by atoms with Crippen molar-refractivity contribution in [1.29, 1.82) is 0 Å². The number of benzene rings is 2. The van der Waals surface area contributed by atoms with Gasteiger partial charge in [-0.3, -0.25) is 9.78 Å². The van der Waals surface area contributed by atoms with E-state index in [4.69, 9.17) is 16.3 Å². The predicted molar refractivity (Wildman–Crippen MR) is 142 cm³/mol. The lowest BCUT2D eigenvalue weighted by Crippen LogP contribution is -2.44. The van der Waals surface area contributed by atoms with Crippen molar-refractivity contribution in [2.45, 2.75) is 18.9 Å². The van der Waals surface area contributed by atoms with Crippen LogP contribution < -0.4 is 25.6 Å². The Morgan fingerprint density at radius 1 is 1.06 bits per heavy atom. The van der Waals surface area contributed by atoms with Gasteiger partial charge in [0.25, 0.3) is 0 Å². The van der Waals surface area contributed by atoms with E-state index in [1.807, 2.05) is 24.3 Å². The summed E-state index contributed by atoms with van der Waals surface area (Å²) in [6, 6.07) is 16.5. The van der Waals surface area contributed by atoms with Crippen LogP contribution in [0, 0.1) is 5.92 Å². The number of piperidine rings is 1. The number of hydrogen-bond acceptors (Lipinski definition) is 5. The van der Waals surface area contributed by atoms with Crippen molar-refractivity contribution in [3.63, 3.8) is 0 Å². The third kappa shape index (κ3) is 6.66. The summed E-state index contributed by atoms with van der Waals surface area (Å²) in [6.07, 6.45) is 5.53. The zero-order valence-electron chi connectivity index (χ0n) is 20.1. The number of urea groups is 1. The predicted octanol–water partition coefficient (Wildman–Crippen LogP) is 4.64. The van der Waals surface area contributed by atoms with Crippen molar-refractivity contribution in [1.82, 2.24) is 15.6 Å².